The topological polar surface area (TPSA) is 38.9 Å². The van der Waals surface area contributed by atoms with Crippen LogP contribution in [0.2, 0.25) is 0 Å². The van der Waals surface area contributed by atoms with Crippen molar-refractivity contribution in [2.75, 3.05) is 0 Å². The Morgan fingerprint density at radius 1 is 1.64 bits per heavy atom. The molecule has 2 atom stereocenters. The van der Waals surface area contributed by atoms with Crippen molar-refractivity contribution in [1.82, 2.24) is 4.98 Å². The summed E-state index contributed by atoms with van der Waals surface area (Å²) in [5.74, 6) is 0.529. The van der Waals surface area contributed by atoms with Crippen molar-refractivity contribution in [3.8, 4) is 0 Å². The molecule has 0 fully saturated rings. The van der Waals surface area contributed by atoms with Crippen molar-refractivity contribution < 1.29 is 0 Å². The summed E-state index contributed by atoms with van der Waals surface area (Å²) in [6.07, 6.45) is 2.85. The van der Waals surface area contributed by atoms with Gasteiger partial charge in [-0.15, -0.1) is 11.3 Å². The fraction of sp³-hybridized carbons (Fsp3) is 0.625. The minimum absolute atomic E-state index is 0.263. The Kier molecular flexibility index (Phi) is 3.02. The van der Waals surface area contributed by atoms with Crippen LogP contribution in [0.1, 0.15) is 18.9 Å². The highest BCUT2D eigenvalue weighted by molar-refractivity contribution is 7.09. The molecule has 0 aliphatic rings. The second-order valence-corrected chi connectivity index (χ2v) is 3.95. The van der Waals surface area contributed by atoms with E-state index in [4.69, 9.17) is 5.73 Å². The first kappa shape index (κ1) is 8.68. The third-order valence-electron chi connectivity index (χ3n) is 1.88. The van der Waals surface area contributed by atoms with Gasteiger partial charge in [-0.2, -0.15) is 0 Å². The molecule has 0 aliphatic carbocycles. The van der Waals surface area contributed by atoms with Crippen molar-refractivity contribution in [3.63, 3.8) is 0 Å². The minimum Gasteiger partial charge on any atom is -0.328 e. The van der Waals surface area contributed by atoms with E-state index in [1.807, 2.05) is 18.5 Å². The molecule has 0 saturated carbocycles. The van der Waals surface area contributed by atoms with Crippen LogP contribution < -0.4 is 5.73 Å². The van der Waals surface area contributed by atoms with Crippen LogP contribution in [0.15, 0.2) is 11.6 Å². The van der Waals surface area contributed by atoms with Gasteiger partial charge in [0.05, 0.1) is 5.01 Å². The molecule has 0 aliphatic heterocycles. The smallest absolute Gasteiger partial charge is 0.0928 e. The molecule has 1 aromatic heterocycles. The van der Waals surface area contributed by atoms with Gasteiger partial charge in [0.1, 0.15) is 0 Å². The number of thiazole rings is 1. The molecule has 0 aromatic carbocycles. The van der Waals surface area contributed by atoms with Crippen molar-refractivity contribution in [2.24, 2.45) is 11.7 Å². The van der Waals surface area contributed by atoms with E-state index in [1.54, 1.807) is 11.3 Å². The van der Waals surface area contributed by atoms with E-state index in [1.165, 1.54) is 5.01 Å². The van der Waals surface area contributed by atoms with E-state index in [0.717, 1.165) is 6.42 Å². The van der Waals surface area contributed by atoms with Crippen molar-refractivity contribution in [1.29, 1.82) is 0 Å². The molecular weight excluding hydrogens is 156 g/mol. The maximum absolute atomic E-state index is 5.73. The lowest BCUT2D eigenvalue weighted by atomic mass is 10.0. The third-order valence-corrected chi connectivity index (χ3v) is 2.68. The summed E-state index contributed by atoms with van der Waals surface area (Å²) in [5.41, 5.74) is 5.73. The Bertz CT molecular complexity index is 194. The molecular formula is C8H14N2S. The van der Waals surface area contributed by atoms with Gasteiger partial charge in [0.2, 0.25) is 0 Å². The lowest BCUT2D eigenvalue weighted by Gasteiger charge is -2.12. The fourth-order valence-corrected chi connectivity index (χ4v) is 1.57. The Morgan fingerprint density at radius 2 is 2.36 bits per heavy atom. The molecule has 3 heteroatoms. The molecule has 0 radical (unpaired) electrons. The van der Waals surface area contributed by atoms with Gasteiger partial charge < -0.3 is 5.73 Å². The van der Waals surface area contributed by atoms with E-state index >= 15 is 0 Å². The average Bonchev–Trinajstić information content (AvgIpc) is 2.39. The molecule has 0 amide bonds. The van der Waals surface area contributed by atoms with Gasteiger partial charge in [-0.3, -0.25) is 0 Å². The molecule has 62 valence electrons. The average molecular weight is 170 g/mol. The van der Waals surface area contributed by atoms with Gasteiger partial charge in [-0.05, 0) is 12.8 Å². The number of hydrogen-bond acceptors (Lipinski definition) is 3. The number of nitrogens with zero attached hydrogens (tertiary/aromatic N) is 1. The van der Waals surface area contributed by atoms with E-state index in [9.17, 15) is 0 Å². The summed E-state index contributed by atoms with van der Waals surface area (Å²) in [6, 6.07) is 0.263. The van der Waals surface area contributed by atoms with Gasteiger partial charge in [0.25, 0.3) is 0 Å². The Balaban J connectivity index is 2.43. The first-order valence-corrected chi connectivity index (χ1v) is 4.72. The zero-order chi connectivity index (χ0) is 8.27. The van der Waals surface area contributed by atoms with Gasteiger partial charge in [-0.25, -0.2) is 4.98 Å². The highest BCUT2D eigenvalue weighted by atomic mass is 32.1. The van der Waals surface area contributed by atoms with Gasteiger partial charge in [0, 0.05) is 24.0 Å². The second kappa shape index (κ2) is 3.83. The molecule has 0 spiro atoms. The van der Waals surface area contributed by atoms with Crippen LogP contribution in [0.4, 0.5) is 0 Å². The monoisotopic (exact) mass is 170 g/mol. The zero-order valence-electron chi connectivity index (χ0n) is 6.95. The largest absolute Gasteiger partial charge is 0.328 e. The molecule has 0 saturated heterocycles. The van der Waals surface area contributed by atoms with E-state index in [2.05, 4.69) is 11.9 Å². The standard InChI is InChI=1S/C8H14N2S/c1-6(7(2)9)5-8-10-3-4-11-8/h3-4,6-7H,5,9H2,1-2H3. The highest BCUT2D eigenvalue weighted by Gasteiger charge is 2.09. The molecule has 1 aromatic rings. The van der Waals surface area contributed by atoms with Crippen molar-refractivity contribution in [3.05, 3.63) is 16.6 Å². The van der Waals surface area contributed by atoms with Crippen LogP contribution in [0.25, 0.3) is 0 Å². The van der Waals surface area contributed by atoms with Crippen molar-refractivity contribution >= 4 is 11.3 Å². The molecule has 0 bridgehead atoms. The quantitative estimate of drug-likeness (QED) is 0.749. The van der Waals surface area contributed by atoms with E-state index < -0.39 is 0 Å². The molecule has 1 rings (SSSR count). The number of rotatable bonds is 3. The maximum atomic E-state index is 5.73. The second-order valence-electron chi connectivity index (χ2n) is 2.97. The minimum atomic E-state index is 0.263. The number of hydrogen-bond donors (Lipinski definition) is 1. The van der Waals surface area contributed by atoms with Crippen LogP contribution in [-0.2, 0) is 6.42 Å². The molecule has 1 heterocycles. The van der Waals surface area contributed by atoms with E-state index in [-0.39, 0.29) is 6.04 Å². The zero-order valence-corrected chi connectivity index (χ0v) is 7.77. The lowest BCUT2D eigenvalue weighted by Crippen LogP contribution is -2.25. The summed E-state index contributed by atoms with van der Waals surface area (Å²) in [7, 11) is 0. The third kappa shape index (κ3) is 2.60. The van der Waals surface area contributed by atoms with Crippen LogP contribution in [0.5, 0.6) is 0 Å². The maximum Gasteiger partial charge on any atom is 0.0928 e. The summed E-state index contributed by atoms with van der Waals surface area (Å²) in [6.45, 7) is 4.20. The highest BCUT2D eigenvalue weighted by Crippen LogP contribution is 2.12. The summed E-state index contributed by atoms with van der Waals surface area (Å²) >= 11 is 1.70. The number of aromatic nitrogens is 1. The van der Waals surface area contributed by atoms with E-state index in [0.29, 0.717) is 5.92 Å². The SMILES string of the molecule is CC(N)C(C)Cc1nccs1. The normalized spacial score (nSPS) is 16.3. The molecule has 2 N–H and O–H groups in total. The summed E-state index contributed by atoms with van der Waals surface area (Å²) < 4.78 is 0. The molecule has 11 heavy (non-hydrogen) atoms. The first-order valence-electron chi connectivity index (χ1n) is 3.84. The predicted octanol–water partition coefficient (Wildman–Crippen LogP) is 1.67. The summed E-state index contributed by atoms with van der Waals surface area (Å²) in [5, 5.41) is 3.19. The Hall–Kier alpha value is -0.410. The first-order chi connectivity index (χ1) is 5.20. The molecule has 2 unspecified atom stereocenters. The lowest BCUT2D eigenvalue weighted by molar-refractivity contribution is 0.481. The van der Waals surface area contributed by atoms with Crippen LogP contribution in [0, 0.1) is 5.92 Å². The Labute approximate surface area is 71.5 Å². The van der Waals surface area contributed by atoms with Gasteiger partial charge in [-0.1, -0.05) is 6.92 Å². The van der Waals surface area contributed by atoms with Crippen LogP contribution in [-0.4, -0.2) is 11.0 Å². The molecule has 2 nitrogen and oxygen atoms in total. The number of nitrogens with two attached hydrogens (primary N) is 1. The van der Waals surface area contributed by atoms with Crippen LogP contribution in [0.3, 0.4) is 0 Å². The van der Waals surface area contributed by atoms with Crippen molar-refractivity contribution in [2.45, 2.75) is 26.3 Å². The fourth-order valence-electron chi connectivity index (χ4n) is 0.815. The summed E-state index contributed by atoms with van der Waals surface area (Å²) in [4.78, 5) is 4.20. The Morgan fingerprint density at radius 3 is 2.82 bits per heavy atom. The van der Waals surface area contributed by atoms with Gasteiger partial charge in [0.15, 0.2) is 0 Å². The van der Waals surface area contributed by atoms with Gasteiger partial charge >= 0.3 is 0 Å². The predicted molar refractivity (Wildman–Crippen MR) is 48.6 cm³/mol. The van der Waals surface area contributed by atoms with Crippen LogP contribution >= 0.6 is 11.3 Å².